The first kappa shape index (κ1) is 21.8. The number of ketones is 4. The zero-order valence-electron chi connectivity index (χ0n) is 10.3. The predicted molar refractivity (Wildman–Crippen MR) is 59.5 cm³/mol. The fraction of sp³-hybridized carbons (Fsp3) is 0.400. The lowest BCUT2D eigenvalue weighted by Gasteiger charge is -1.86. The van der Waals surface area contributed by atoms with E-state index >= 15 is 0 Å². The third kappa shape index (κ3) is 15.6. The number of rotatable bonds is 6. The number of hydrogen-bond acceptors (Lipinski definition) is 6. The molecule has 0 bridgehead atoms. The van der Waals surface area contributed by atoms with E-state index in [9.17, 15) is 28.8 Å². The lowest BCUT2D eigenvalue weighted by atomic mass is 10.2. The summed E-state index contributed by atoms with van der Waals surface area (Å²) in [6.45, 7) is 2.33. The molecule has 0 saturated carbocycles. The molecular weight excluding hydrogens is 264 g/mol. The number of carboxylic acids is 2. The van der Waals surface area contributed by atoms with Crippen molar-refractivity contribution in [2.45, 2.75) is 26.7 Å². The summed E-state index contributed by atoms with van der Waals surface area (Å²) in [5.74, 6) is -6.06. The Labute approximate surface area is 107 Å². The van der Waals surface area contributed by atoms with E-state index in [1.54, 1.807) is 0 Å². The fourth-order valence-electron chi connectivity index (χ4n) is 0.603. The second-order valence-corrected chi connectivity index (χ2v) is 3.21. The molecule has 0 amide bonds. The summed E-state index contributed by atoms with van der Waals surface area (Å²) in [6.07, 6.45) is -1.01. The molecule has 0 aliphatic carbocycles. The molecule has 0 spiro atoms. The second kappa shape index (κ2) is 10.7. The van der Waals surface area contributed by atoms with Crippen LogP contribution < -0.4 is 0 Å². The van der Waals surface area contributed by atoms with E-state index in [2.05, 4.69) is 0 Å². The van der Waals surface area contributed by atoms with Crippen molar-refractivity contribution in [2.24, 2.45) is 0 Å². The van der Waals surface area contributed by atoms with Crippen LogP contribution >= 0.6 is 0 Å². The molecular formula is C10H14O9. The summed E-state index contributed by atoms with van der Waals surface area (Å²) in [5, 5.41) is 15.9. The minimum absolute atomic E-state index is 0. The van der Waals surface area contributed by atoms with Crippen molar-refractivity contribution >= 4 is 35.1 Å². The summed E-state index contributed by atoms with van der Waals surface area (Å²) in [5.41, 5.74) is 0. The first-order valence-corrected chi connectivity index (χ1v) is 4.59. The van der Waals surface area contributed by atoms with Gasteiger partial charge in [-0.25, -0.2) is 9.59 Å². The lowest BCUT2D eigenvalue weighted by Crippen LogP contribution is -2.15. The predicted octanol–water partition coefficient (Wildman–Crippen LogP) is -1.59. The average molecular weight is 278 g/mol. The van der Waals surface area contributed by atoms with Crippen LogP contribution in [0.4, 0.5) is 0 Å². The molecule has 0 radical (unpaired) electrons. The molecule has 0 rings (SSSR count). The number of carboxylic acid groups (broad SMARTS) is 2. The van der Waals surface area contributed by atoms with E-state index in [0.717, 1.165) is 0 Å². The Morgan fingerprint density at radius 2 is 0.895 bits per heavy atom. The van der Waals surface area contributed by atoms with Gasteiger partial charge in [-0.05, 0) is 13.8 Å². The highest BCUT2D eigenvalue weighted by Gasteiger charge is 2.13. The Morgan fingerprint density at radius 3 is 0.947 bits per heavy atom. The zero-order valence-corrected chi connectivity index (χ0v) is 10.3. The van der Waals surface area contributed by atoms with Gasteiger partial charge in [-0.3, -0.25) is 19.2 Å². The van der Waals surface area contributed by atoms with Gasteiger partial charge in [0.2, 0.25) is 11.6 Å². The van der Waals surface area contributed by atoms with E-state index in [4.69, 9.17) is 10.2 Å². The van der Waals surface area contributed by atoms with Gasteiger partial charge in [0.1, 0.15) is 11.6 Å². The van der Waals surface area contributed by atoms with E-state index in [1.165, 1.54) is 13.8 Å². The van der Waals surface area contributed by atoms with Crippen LogP contribution in [0.2, 0.25) is 0 Å². The summed E-state index contributed by atoms with van der Waals surface area (Å²) in [4.78, 5) is 59.9. The minimum Gasteiger partial charge on any atom is -0.475 e. The summed E-state index contributed by atoms with van der Waals surface area (Å²) >= 11 is 0. The van der Waals surface area contributed by atoms with Crippen LogP contribution in [0, 0.1) is 0 Å². The molecule has 0 fully saturated rings. The summed E-state index contributed by atoms with van der Waals surface area (Å²) in [7, 11) is 0. The Bertz CT molecular complexity index is 356. The number of carbonyl (C=O) groups excluding carboxylic acids is 4. The number of aliphatic carboxylic acids is 2. The monoisotopic (exact) mass is 278 g/mol. The smallest absolute Gasteiger partial charge is 0.372 e. The molecule has 4 N–H and O–H groups in total. The van der Waals surface area contributed by atoms with Gasteiger partial charge in [-0.2, -0.15) is 0 Å². The third-order valence-electron chi connectivity index (χ3n) is 1.30. The lowest BCUT2D eigenvalue weighted by molar-refractivity contribution is -0.150. The van der Waals surface area contributed by atoms with E-state index in [-0.39, 0.29) is 5.48 Å². The van der Waals surface area contributed by atoms with Gasteiger partial charge in [0.05, 0.1) is 12.8 Å². The molecule has 0 heterocycles. The van der Waals surface area contributed by atoms with Crippen LogP contribution in [0.5, 0.6) is 0 Å². The van der Waals surface area contributed by atoms with Crippen LogP contribution in [-0.4, -0.2) is 50.8 Å². The molecule has 9 nitrogen and oxygen atoms in total. The van der Waals surface area contributed by atoms with Crippen molar-refractivity contribution in [1.82, 2.24) is 0 Å². The van der Waals surface area contributed by atoms with Gasteiger partial charge >= 0.3 is 11.9 Å². The number of carbonyl (C=O) groups is 6. The maximum Gasteiger partial charge on any atom is 0.372 e. The van der Waals surface area contributed by atoms with Crippen molar-refractivity contribution < 1.29 is 44.5 Å². The minimum atomic E-state index is -1.55. The largest absolute Gasteiger partial charge is 0.475 e. The van der Waals surface area contributed by atoms with Gasteiger partial charge in [0, 0.05) is 0 Å². The van der Waals surface area contributed by atoms with Crippen molar-refractivity contribution in [3.8, 4) is 0 Å². The van der Waals surface area contributed by atoms with Gasteiger partial charge in [0.25, 0.3) is 0 Å². The Hall–Kier alpha value is -2.42. The molecule has 19 heavy (non-hydrogen) atoms. The molecule has 0 aromatic rings. The molecule has 0 aromatic carbocycles. The quantitative estimate of drug-likeness (QED) is 0.431. The zero-order chi connectivity index (χ0) is 14.9. The molecule has 9 heteroatoms. The van der Waals surface area contributed by atoms with Crippen LogP contribution in [-0.2, 0) is 28.8 Å². The Morgan fingerprint density at radius 1 is 0.684 bits per heavy atom. The summed E-state index contributed by atoms with van der Waals surface area (Å²) < 4.78 is 0. The van der Waals surface area contributed by atoms with Gasteiger partial charge in [-0.15, -0.1) is 0 Å². The van der Waals surface area contributed by atoms with E-state index in [0.29, 0.717) is 0 Å². The van der Waals surface area contributed by atoms with Crippen LogP contribution in [0.3, 0.4) is 0 Å². The summed E-state index contributed by atoms with van der Waals surface area (Å²) in [6, 6.07) is 0. The number of Topliss-reactive ketones (excluding diaryl/α,β-unsaturated/α-hetero) is 4. The normalized spacial score (nSPS) is 8.11. The maximum absolute atomic E-state index is 10.1. The maximum atomic E-state index is 10.1. The average Bonchev–Trinajstić information content (AvgIpc) is 2.16. The standard InChI is InChI=1S/2C5H6O4.H2O/c2*1-3(6)2-4(7)5(8)9;/h2*2H2,1H3,(H,8,9);1H2. The topological polar surface area (TPSA) is 174 Å². The molecule has 0 aromatic heterocycles. The Balaban J connectivity index is -0.000000256. The molecule has 0 unspecified atom stereocenters. The molecule has 0 aliphatic heterocycles. The highest BCUT2D eigenvalue weighted by Crippen LogP contribution is 1.84. The SMILES string of the molecule is CC(=O)CC(=O)C(=O)O.CC(=O)CC(=O)C(=O)O.O. The van der Waals surface area contributed by atoms with Gasteiger partial charge < -0.3 is 15.7 Å². The van der Waals surface area contributed by atoms with Crippen molar-refractivity contribution in [1.29, 1.82) is 0 Å². The molecule has 108 valence electrons. The van der Waals surface area contributed by atoms with Crippen molar-refractivity contribution in [3.05, 3.63) is 0 Å². The first-order valence-electron chi connectivity index (χ1n) is 4.59. The van der Waals surface area contributed by atoms with Crippen LogP contribution in [0.25, 0.3) is 0 Å². The van der Waals surface area contributed by atoms with Crippen molar-refractivity contribution in [2.75, 3.05) is 0 Å². The molecule has 0 atom stereocenters. The van der Waals surface area contributed by atoms with Crippen LogP contribution in [0.15, 0.2) is 0 Å². The fourth-order valence-corrected chi connectivity index (χ4v) is 0.603. The van der Waals surface area contributed by atoms with Gasteiger partial charge in [-0.1, -0.05) is 0 Å². The highest BCUT2D eigenvalue weighted by molar-refractivity contribution is 6.36. The number of hydrogen-bond donors (Lipinski definition) is 2. The van der Waals surface area contributed by atoms with E-state index < -0.39 is 47.9 Å². The van der Waals surface area contributed by atoms with Gasteiger partial charge in [0.15, 0.2) is 0 Å². The van der Waals surface area contributed by atoms with Crippen molar-refractivity contribution in [3.63, 3.8) is 0 Å². The molecule has 0 aliphatic rings. The second-order valence-electron chi connectivity index (χ2n) is 3.21. The third-order valence-corrected chi connectivity index (χ3v) is 1.30. The van der Waals surface area contributed by atoms with Crippen LogP contribution in [0.1, 0.15) is 26.7 Å². The highest BCUT2D eigenvalue weighted by atomic mass is 16.4. The van der Waals surface area contributed by atoms with E-state index in [1.807, 2.05) is 0 Å². The Kier molecular flexibility index (Phi) is 12.3. The first-order chi connectivity index (χ1) is 8.07. The molecule has 0 saturated heterocycles.